The molecule has 0 bridgehead atoms. The number of hydrogen-bond acceptors (Lipinski definition) is 6. The van der Waals surface area contributed by atoms with Crippen LogP contribution in [0.2, 0.25) is 0 Å². The maximum atomic E-state index is 11.5. The quantitative estimate of drug-likeness (QED) is 0.378. The third kappa shape index (κ3) is 6.44. The molecule has 0 saturated carbocycles. The predicted octanol–water partition coefficient (Wildman–Crippen LogP) is 1.36. The van der Waals surface area contributed by atoms with Crippen molar-refractivity contribution in [2.24, 2.45) is 0 Å². The summed E-state index contributed by atoms with van der Waals surface area (Å²) in [7, 11) is 0. The van der Waals surface area contributed by atoms with E-state index in [2.05, 4.69) is 4.74 Å². The van der Waals surface area contributed by atoms with Crippen molar-refractivity contribution in [3.05, 3.63) is 12.2 Å². The normalized spacial score (nSPS) is 12.2. The van der Waals surface area contributed by atoms with Crippen LogP contribution in [-0.4, -0.2) is 41.9 Å². The highest BCUT2D eigenvalue weighted by molar-refractivity contribution is 8.00. The number of ketones is 1. The van der Waals surface area contributed by atoms with Gasteiger partial charge in [0.1, 0.15) is 5.25 Å². The summed E-state index contributed by atoms with van der Waals surface area (Å²) in [4.78, 5) is 33.9. The number of thioether (sulfide) groups is 1. The van der Waals surface area contributed by atoms with Gasteiger partial charge >= 0.3 is 11.9 Å². The van der Waals surface area contributed by atoms with E-state index in [1.165, 1.54) is 17.8 Å². The monoisotopic (exact) mass is 274 g/mol. The summed E-state index contributed by atoms with van der Waals surface area (Å²) in [6.45, 7) is 5.63. The first-order valence-corrected chi connectivity index (χ1v) is 6.79. The smallest absolute Gasteiger partial charge is 0.378 e. The van der Waals surface area contributed by atoms with Crippen LogP contribution in [0, 0.1) is 0 Å². The van der Waals surface area contributed by atoms with Crippen molar-refractivity contribution >= 4 is 29.5 Å². The molecule has 0 aromatic heterocycles. The van der Waals surface area contributed by atoms with E-state index in [1.54, 1.807) is 13.8 Å². The summed E-state index contributed by atoms with van der Waals surface area (Å²) in [6, 6.07) is 0. The number of carbonyl (C=O) groups is 3. The second kappa shape index (κ2) is 9.70. The van der Waals surface area contributed by atoms with Gasteiger partial charge in [-0.05, 0) is 25.7 Å². The molecule has 0 amide bonds. The molecule has 0 saturated heterocycles. The minimum atomic E-state index is -0.919. The maximum absolute atomic E-state index is 11.5. The molecule has 0 aromatic carbocycles. The molecule has 18 heavy (non-hydrogen) atoms. The fourth-order valence-corrected chi connectivity index (χ4v) is 1.80. The molecule has 1 unspecified atom stereocenters. The molecule has 102 valence electrons. The Kier molecular flexibility index (Phi) is 9.00. The van der Waals surface area contributed by atoms with Crippen molar-refractivity contribution in [1.29, 1.82) is 0 Å². The Morgan fingerprint density at radius 1 is 1.11 bits per heavy atom. The fourth-order valence-electron chi connectivity index (χ4n) is 1.05. The summed E-state index contributed by atoms with van der Waals surface area (Å²) < 4.78 is 9.40. The van der Waals surface area contributed by atoms with Crippen molar-refractivity contribution < 1.29 is 23.9 Å². The highest BCUT2D eigenvalue weighted by Crippen LogP contribution is 2.13. The van der Waals surface area contributed by atoms with Crippen LogP contribution in [0.5, 0.6) is 0 Å². The van der Waals surface area contributed by atoms with Gasteiger partial charge in [-0.1, -0.05) is 13.0 Å². The van der Waals surface area contributed by atoms with E-state index in [0.29, 0.717) is 5.75 Å². The van der Waals surface area contributed by atoms with Crippen molar-refractivity contribution in [3.8, 4) is 0 Å². The van der Waals surface area contributed by atoms with Gasteiger partial charge in [-0.15, -0.1) is 11.8 Å². The van der Waals surface area contributed by atoms with Crippen LogP contribution in [0.25, 0.3) is 0 Å². The zero-order valence-corrected chi connectivity index (χ0v) is 11.6. The van der Waals surface area contributed by atoms with Gasteiger partial charge in [-0.3, -0.25) is 9.59 Å². The molecule has 0 aromatic rings. The molecular formula is C12H18O5S. The molecule has 6 heteroatoms. The largest absolute Gasteiger partial charge is 0.465 e. The number of ether oxygens (including phenoxy) is 2. The predicted molar refractivity (Wildman–Crippen MR) is 69.3 cm³/mol. The Morgan fingerprint density at radius 2 is 1.72 bits per heavy atom. The van der Waals surface area contributed by atoms with Gasteiger partial charge in [0, 0.05) is 0 Å². The molecule has 0 N–H and O–H groups in total. The lowest BCUT2D eigenvalue weighted by atomic mass is 10.3. The van der Waals surface area contributed by atoms with E-state index in [9.17, 15) is 14.4 Å². The first-order valence-electron chi connectivity index (χ1n) is 5.74. The number of esters is 2. The molecule has 0 rings (SSSR count). The molecule has 0 fully saturated rings. The van der Waals surface area contributed by atoms with Crippen LogP contribution in [0.4, 0.5) is 0 Å². The molecule has 5 nitrogen and oxygen atoms in total. The number of hydrogen-bond donors (Lipinski definition) is 0. The van der Waals surface area contributed by atoms with E-state index in [1.807, 2.05) is 6.92 Å². The van der Waals surface area contributed by atoms with Gasteiger partial charge in [0.05, 0.1) is 13.2 Å². The first-order chi connectivity index (χ1) is 8.56. The summed E-state index contributed by atoms with van der Waals surface area (Å²) in [5.74, 6) is -1.42. The average molecular weight is 274 g/mol. The minimum Gasteiger partial charge on any atom is -0.465 e. The summed E-state index contributed by atoms with van der Waals surface area (Å²) in [6.07, 6.45) is 2.42. The van der Waals surface area contributed by atoms with Crippen LogP contribution in [0.1, 0.15) is 20.8 Å². The van der Waals surface area contributed by atoms with Crippen LogP contribution < -0.4 is 0 Å². The zero-order valence-electron chi connectivity index (χ0n) is 10.8. The Balaban J connectivity index is 4.52. The van der Waals surface area contributed by atoms with E-state index in [-0.39, 0.29) is 13.2 Å². The second-order valence-electron chi connectivity index (χ2n) is 3.07. The first kappa shape index (κ1) is 16.7. The van der Waals surface area contributed by atoms with Crippen molar-refractivity contribution in [2.45, 2.75) is 26.0 Å². The van der Waals surface area contributed by atoms with Gasteiger partial charge in [-0.2, -0.15) is 0 Å². The molecule has 1 atom stereocenters. The fraction of sp³-hybridized carbons (Fsp3) is 0.583. The third-order valence-electron chi connectivity index (χ3n) is 1.76. The topological polar surface area (TPSA) is 69.7 Å². The molecule has 0 aliphatic heterocycles. The van der Waals surface area contributed by atoms with Gasteiger partial charge in [0.15, 0.2) is 0 Å². The van der Waals surface area contributed by atoms with Crippen LogP contribution in [0.3, 0.4) is 0 Å². The summed E-state index contributed by atoms with van der Waals surface area (Å²) >= 11 is 1.33. The van der Waals surface area contributed by atoms with Gasteiger partial charge in [0.25, 0.3) is 5.78 Å². The lowest BCUT2D eigenvalue weighted by Crippen LogP contribution is -2.20. The van der Waals surface area contributed by atoms with Crippen molar-refractivity contribution in [2.75, 3.05) is 19.0 Å². The maximum Gasteiger partial charge on any atom is 0.378 e. The Morgan fingerprint density at radius 3 is 2.22 bits per heavy atom. The average Bonchev–Trinajstić information content (AvgIpc) is 2.34. The van der Waals surface area contributed by atoms with E-state index < -0.39 is 23.0 Å². The second-order valence-corrected chi connectivity index (χ2v) is 4.49. The standard InChI is InChI=1S/C12H18O5S/c1-4-16-11(14)9(13)7-8-10(18-6-3)12(15)17-5-2/h7-8,10H,4-6H2,1-3H3. The molecule has 0 spiro atoms. The van der Waals surface area contributed by atoms with E-state index in [0.717, 1.165) is 6.08 Å². The SMILES string of the molecule is CCOC(=O)C(=O)C=CC(SCC)C(=O)OCC. The summed E-state index contributed by atoms with van der Waals surface area (Å²) in [5.41, 5.74) is 0. The zero-order chi connectivity index (χ0) is 14.0. The minimum absolute atomic E-state index is 0.142. The van der Waals surface area contributed by atoms with Gasteiger partial charge in [0.2, 0.25) is 0 Å². The Bertz CT molecular complexity index is 324. The van der Waals surface area contributed by atoms with Crippen molar-refractivity contribution in [1.82, 2.24) is 0 Å². The molecule has 0 radical (unpaired) electrons. The highest BCUT2D eigenvalue weighted by Gasteiger charge is 2.18. The molecule has 0 heterocycles. The van der Waals surface area contributed by atoms with Crippen LogP contribution >= 0.6 is 11.8 Å². The lowest BCUT2D eigenvalue weighted by Gasteiger charge is -2.09. The number of rotatable bonds is 8. The lowest BCUT2D eigenvalue weighted by molar-refractivity contribution is -0.151. The van der Waals surface area contributed by atoms with Gasteiger partial charge in [-0.25, -0.2) is 4.79 Å². The summed E-state index contributed by atoms with van der Waals surface area (Å²) in [5, 5.41) is -0.576. The Labute approximate surface area is 111 Å². The Hall–Kier alpha value is -1.30. The molecular weight excluding hydrogens is 256 g/mol. The molecule has 0 aliphatic rings. The van der Waals surface area contributed by atoms with Gasteiger partial charge < -0.3 is 9.47 Å². The van der Waals surface area contributed by atoms with E-state index >= 15 is 0 Å². The van der Waals surface area contributed by atoms with Crippen molar-refractivity contribution in [3.63, 3.8) is 0 Å². The van der Waals surface area contributed by atoms with E-state index in [4.69, 9.17) is 4.74 Å². The van der Waals surface area contributed by atoms with Crippen LogP contribution in [0.15, 0.2) is 12.2 Å². The molecule has 0 aliphatic carbocycles. The van der Waals surface area contributed by atoms with Crippen LogP contribution in [-0.2, 0) is 23.9 Å². The third-order valence-corrected chi connectivity index (χ3v) is 2.81. The number of carbonyl (C=O) groups excluding carboxylic acids is 3. The highest BCUT2D eigenvalue weighted by atomic mass is 32.2.